The fourth-order valence-electron chi connectivity index (χ4n) is 5.30. The van der Waals surface area contributed by atoms with Gasteiger partial charge >= 0.3 is 0 Å². The van der Waals surface area contributed by atoms with E-state index < -0.39 is 6.04 Å². The van der Waals surface area contributed by atoms with Crippen molar-refractivity contribution in [2.24, 2.45) is 11.7 Å². The predicted octanol–water partition coefficient (Wildman–Crippen LogP) is 6.18. The standard InChI is InChI=1S/C34H30FN5O2/c1-20(2)31(40-19-26(11-12-36)39-34(40)25-9-7-21(3)29(35)16-25)33-28(14-22-5-4-6-23(13-22)17-37)32(41)27-10-8-24(18-38)15-30(27)42-33/h4-10,13,15-16,19-20,31H,11-12,14,36H2,1-3H3. The number of aryl methyl sites for hydroxylation is 1. The molecular formula is C34H30FN5O2. The number of nitrogens with two attached hydrogens (primary N) is 1. The van der Waals surface area contributed by atoms with E-state index in [1.54, 1.807) is 49.4 Å². The van der Waals surface area contributed by atoms with Crippen molar-refractivity contribution in [3.63, 3.8) is 0 Å². The molecule has 0 fully saturated rings. The number of aromatic nitrogens is 2. The first-order valence-corrected chi connectivity index (χ1v) is 13.8. The van der Waals surface area contributed by atoms with E-state index >= 15 is 0 Å². The molecule has 0 saturated heterocycles. The van der Waals surface area contributed by atoms with Crippen molar-refractivity contribution >= 4 is 11.0 Å². The number of hydrogen-bond acceptors (Lipinski definition) is 6. The lowest BCUT2D eigenvalue weighted by Crippen LogP contribution is -2.23. The second-order valence-corrected chi connectivity index (χ2v) is 10.7. The van der Waals surface area contributed by atoms with Crippen molar-refractivity contribution < 1.29 is 8.81 Å². The molecule has 210 valence electrons. The molecule has 7 nitrogen and oxygen atoms in total. The summed E-state index contributed by atoms with van der Waals surface area (Å²) in [5, 5.41) is 19.3. The summed E-state index contributed by atoms with van der Waals surface area (Å²) in [5.41, 5.74) is 9.90. The van der Waals surface area contributed by atoms with Gasteiger partial charge in [0.25, 0.3) is 0 Å². The third kappa shape index (κ3) is 5.45. The van der Waals surface area contributed by atoms with Crippen molar-refractivity contribution in [1.29, 1.82) is 10.5 Å². The molecule has 8 heteroatoms. The SMILES string of the molecule is Cc1ccc(-c2nc(CCN)cn2C(c2oc3cc(C#N)ccc3c(=O)c2Cc2cccc(C#N)c2)C(C)C)cc1F. The summed E-state index contributed by atoms with van der Waals surface area (Å²) >= 11 is 0. The molecular weight excluding hydrogens is 529 g/mol. The molecule has 0 bridgehead atoms. The van der Waals surface area contributed by atoms with Gasteiger partial charge in [0.2, 0.25) is 0 Å². The highest BCUT2D eigenvalue weighted by Gasteiger charge is 2.30. The summed E-state index contributed by atoms with van der Waals surface area (Å²) in [7, 11) is 0. The van der Waals surface area contributed by atoms with Crippen LogP contribution in [-0.4, -0.2) is 16.1 Å². The molecule has 2 heterocycles. The molecule has 5 rings (SSSR count). The molecule has 42 heavy (non-hydrogen) atoms. The second-order valence-electron chi connectivity index (χ2n) is 10.7. The van der Waals surface area contributed by atoms with Crippen molar-refractivity contribution in [2.75, 3.05) is 6.54 Å². The van der Waals surface area contributed by atoms with Gasteiger partial charge < -0.3 is 14.7 Å². The van der Waals surface area contributed by atoms with E-state index in [9.17, 15) is 19.7 Å². The Morgan fingerprint density at radius 3 is 2.50 bits per heavy atom. The highest BCUT2D eigenvalue weighted by molar-refractivity contribution is 5.79. The van der Waals surface area contributed by atoms with Crippen LogP contribution in [-0.2, 0) is 12.8 Å². The minimum absolute atomic E-state index is 0.0945. The average Bonchev–Trinajstić information content (AvgIpc) is 3.39. The Morgan fingerprint density at radius 1 is 1.05 bits per heavy atom. The van der Waals surface area contributed by atoms with E-state index in [1.807, 2.05) is 36.7 Å². The maximum absolute atomic E-state index is 14.7. The number of fused-ring (bicyclic) bond motifs is 1. The van der Waals surface area contributed by atoms with Gasteiger partial charge in [-0.2, -0.15) is 10.5 Å². The molecule has 1 atom stereocenters. The fourth-order valence-corrected chi connectivity index (χ4v) is 5.30. The van der Waals surface area contributed by atoms with Gasteiger partial charge in [-0.1, -0.05) is 38.1 Å². The first kappa shape index (κ1) is 28.5. The summed E-state index contributed by atoms with van der Waals surface area (Å²) in [4.78, 5) is 18.9. The lowest BCUT2D eigenvalue weighted by molar-refractivity contribution is 0.359. The highest BCUT2D eigenvalue weighted by atomic mass is 19.1. The number of benzene rings is 3. The van der Waals surface area contributed by atoms with Crippen LogP contribution in [0.25, 0.3) is 22.4 Å². The predicted molar refractivity (Wildman–Crippen MR) is 159 cm³/mol. The smallest absolute Gasteiger partial charge is 0.196 e. The Bertz CT molecular complexity index is 1940. The molecule has 5 aromatic rings. The van der Waals surface area contributed by atoms with Crippen molar-refractivity contribution in [2.45, 2.75) is 39.7 Å². The first-order chi connectivity index (χ1) is 20.2. The minimum Gasteiger partial charge on any atom is -0.458 e. The number of rotatable bonds is 8. The van der Waals surface area contributed by atoms with Crippen LogP contribution < -0.4 is 11.2 Å². The third-order valence-electron chi connectivity index (χ3n) is 7.40. The van der Waals surface area contributed by atoms with Crippen LogP contribution in [0.5, 0.6) is 0 Å². The lowest BCUT2D eigenvalue weighted by atomic mass is 9.92. The lowest BCUT2D eigenvalue weighted by Gasteiger charge is -2.26. The highest BCUT2D eigenvalue weighted by Crippen LogP contribution is 2.36. The number of halogens is 1. The average molecular weight is 560 g/mol. The van der Waals surface area contributed by atoms with Gasteiger partial charge in [-0.3, -0.25) is 4.79 Å². The van der Waals surface area contributed by atoms with Gasteiger partial charge in [0, 0.05) is 30.2 Å². The van der Waals surface area contributed by atoms with Crippen LogP contribution in [0.1, 0.15) is 59.2 Å². The van der Waals surface area contributed by atoms with E-state index in [1.165, 1.54) is 6.07 Å². The van der Waals surface area contributed by atoms with Crippen LogP contribution in [0.2, 0.25) is 0 Å². The van der Waals surface area contributed by atoms with E-state index in [4.69, 9.17) is 15.1 Å². The van der Waals surface area contributed by atoms with Gasteiger partial charge in [-0.05, 0) is 66.9 Å². The van der Waals surface area contributed by atoms with E-state index in [2.05, 4.69) is 12.1 Å². The quantitative estimate of drug-likeness (QED) is 0.242. The maximum atomic E-state index is 14.7. The summed E-state index contributed by atoms with van der Waals surface area (Å²) in [6.07, 6.45) is 2.63. The monoisotopic (exact) mass is 559 g/mol. The molecule has 0 saturated carbocycles. The summed E-state index contributed by atoms with van der Waals surface area (Å²) in [6.45, 7) is 6.12. The molecule has 2 aromatic heterocycles. The van der Waals surface area contributed by atoms with E-state index in [-0.39, 0.29) is 23.6 Å². The molecule has 0 aliphatic carbocycles. The minimum atomic E-state index is -0.514. The maximum Gasteiger partial charge on any atom is 0.196 e. The number of nitriles is 2. The Kier molecular flexibility index (Phi) is 8.01. The summed E-state index contributed by atoms with van der Waals surface area (Å²) in [6, 6.07) is 20.7. The Labute approximate surface area is 243 Å². The van der Waals surface area contributed by atoms with E-state index in [0.29, 0.717) is 63.3 Å². The summed E-state index contributed by atoms with van der Waals surface area (Å²) in [5.74, 6) is 0.512. The van der Waals surface area contributed by atoms with Gasteiger partial charge in [0.15, 0.2) is 5.43 Å². The van der Waals surface area contributed by atoms with Crippen LogP contribution >= 0.6 is 0 Å². The van der Waals surface area contributed by atoms with Crippen LogP contribution in [0, 0.1) is 41.3 Å². The van der Waals surface area contributed by atoms with Crippen molar-refractivity contribution in [3.8, 4) is 23.5 Å². The molecule has 0 aliphatic rings. The zero-order valence-electron chi connectivity index (χ0n) is 23.7. The van der Waals surface area contributed by atoms with Crippen molar-refractivity contribution in [1.82, 2.24) is 9.55 Å². The Hall–Kier alpha value is -5.05. The van der Waals surface area contributed by atoms with Gasteiger partial charge in [-0.15, -0.1) is 0 Å². The van der Waals surface area contributed by atoms with Crippen LogP contribution in [0.15, 0.2) is 76.1 Å². The third-order valence-corrected chi connectivity index (χ3v) is 7.40. The number of hydrogen-bond donors (Lipinski definition) is 1. The second kappa shape index (κ2) is 11.8. The van der Waals surface area contributed by atoms with Gasteiger partial charge in [0.1, 0.15) is 23.0 Å². The summed E-state index contributed by atoms with van der Waals surface area (Å²) < 4.78 is 23.2. The topological polar surface area (TPSA) is 122 Å². The number of imidazole rings is 1. The largest absolute Gasteiger partial charge is 0.458 e. The molecule has 2 N–H and O–H groups in total. The normalized spacial score (nSPS) is 11.9. The number of nitrogens with zero attached hydrogens (tertiary/aromatic N) is 4. The fraction of sp³-hybridized carbons (Fsp3) is 0.235. The molecule has 3 aromatic carbocycles. The van der Waals surface area contributed by atoms with Crippen molar-refractivity contribution in [3.05, 3.63) is 122 Å². The Morgan fingerprint density at radius 2 is 1.81 bits per heavy atom. The van der Waals surface area contributed by atoms with Crippen LogP contribution in [0.4, 0.5) is 4.39 Å². The Balaban J connectivity index is 1.80. The zero-order valence-corrected chi connectivity index (χ0v) is 23.7. The zero-order chi connectivity index (χ0) is 30.0. The van der Waals surface area contributed by atoms with Gasteiger partial charge in [0.05, 0.1) is 40.4 Å². The molecule has 0 radical (unpaired) electrons. The molecule has 0 spiro atoms. The molecule has 1 unspecified atom stereocenters. The molecule has 0 aliphatic heterocycles. The molecule has 0 amide bonds. The van der Waals surface area contributed by atoms with Gasteiger partial charge in [-0.25, -0.2) is 9.37 Å². The van der Waals surface area contributed by atoms with E-state index in [0.717, 1.165) is 11.3 Å². The van der Waals surface area contributed by atoms with Crippen LogP contribution in [0.3, 0.4) is 0 Å². The first-order valence-electron chi connectivity index (χ1n) is 13.8.